The minimum absolute atomic E-state index is 0.0792. The average molecular weight is 345 g/mol. The molecule has 2 N–H and O–H groups in total. The van der Waals surface area contributed by atoms with Gasteiger partial charge in [-0.1, -0.05) is 19.9 Å². The van der Waals surface area contributed by atoms with Crippen molar-refractivity contribution < 1.29 is 9.59 Å². The number of piperidine rings is 1. The van der Waals surface area contributed by atoms with Crippen molar-refractivity contribution in [2.75, 3.05) is 25.0 Å². The molecule has 1 aliphatic rings. The number of benzene rings is 1. The van der Waals surface area contributed by atoms with E-state index in [1.807, 2.05) is 19.9 Å². The summed E-state index contributed by atoms with van der Waals surface area (Å²) in [4.78, 5) is 26.3. The number of nitrogens with zero attached hydrogens (tertiary/aromatic N) is 1. The number of hydrogen-bond donors (Lipinski definition) is 2. The molecule has 5 heteroatoms. The molecule has 3 unspecified atom stereocenters. The Labute approximate surface area is 151 Å². The molecule has 0 radical (unpaired) electrons. The number of amides is 2. The predicted molar refractivity (Wildman–Crippen MR) is 102 cm³/mol. The van der Waals surface area contributed by atoms with Crippen LogP contribution in [0.3, 0.4) is 0 Å². The van der Waals surface area contributed by atoms with Crippen LogP contribution in [0.4, 0.5) is 5.69 Å². The minimum Gasteiger partial charge on any atom is -0.348 e. The molecule has 2 rings (SSSR count). The molecule has 2 amide bonds. The van der Waals surface area contributed by atoms with E-state index in [1.165, 1.54) is 13.3 Å². The Morgan fingerprint density at radius 3 is 2.48 bits per heavy atom. The lowest BCUT2D eigenvalue weighted by atomic mass is 9.92. The summed E-state index contributed by atoms with van der Waals surface area (Å²) in [6.45, 7) is 13.1. The first-order chi connectivity index (χ1) is 11.7. The highest BCUT2D eigenvalue weighted by Crippen LogP contribution is 2.21. The Bertz CT molecular complexity index is 619. The normalized spacial score (nSPS) is 22.3. The molecule has 0 aliphatic carbocycles. The number of carbonyl (C=O) groups excluding carboxylic acids is 2. The van der Waals surface area contributed by atoms with Gasteiger partial charge < -0.3 is 15.5 Å². The third-order valence-corrected chi connectivity index (χ3v) is 4.66. The van der Waals surface area contributed by atoms with E-state index < -0.39 is 0 Å². The number of likely N-dealkylation sites (tertiary alicyclic amines) is 1. The molecule has 25 heavy (non-hydrogen) atoms. The van der Waals surface area contributed by atoms with Crippen molar-refractivity contribution in [3.8, 4) is 0 Å². The highest BCUT2D eigenvalue weighted by molar-refractivity contribution is 5.97. The van der Waals surface area contributed by atoms with Crippen LogP contribution >= 0.6 is 0 Å². The topological polar surface area (TPSA) is 61.4 Å². The van der Waals surface area contributed by atoms with Crippen molar-refractivity contribution in [1.29, 1.82) is 0 Å². The molecular weight excluding hydrogens is 314 g/mol. The maximum atomic E-state index is 12.5. The summed E-state index contributed by atoms with van der Waals surface area (Å²) in [7, 11) is 0. The third-order valence-electron chi connectivity index (χ3n) is 4.66. The van der Waals surface area contributed by atoms with E-state index in [1.54, 1.807) is 12.1 Å². The number of anilines is 1. The molecule has 0 aromatic heterocycles. The second kappa shape index (κ2) is 8.48. The van der Waals surface area contributed by atoms with Crippen LogP contribution in [0.5, 0.6) is 0 Å². The SMILES string of the molecule is CC(=O)Nc1cc(C(=O)NC(C)CN2CC(C)CC(C)C2)ccc1C. The first-order valence-electron chi connectivity index (χ1n) is 9.16. The van der Waals surface area contributed by atoms with Gasteiger partial charge in [0.1, 0.15) is 0 Å². The second-order valence-corrected chi connectivity index (χ2v) is 7.75. The van der Waals surface area contributed by atoms with Crippen LogP contribution in [-0.2, 0) is 4.79 Å². The van der Waals surface area contributed by atoms with Gasteiger partial charge in [0, 0.05) is 43.9 Å². The van der Waals surface area contributed by atoms with Gasteiger partial charge in [-0.15, -0.1) is 0 Å². The monoisotopic (exact) mass is 345 g/mol. The number of hydrogen-bond acceptors (Lipinski definition) is 3. The molecule has 1 aromatic carbocycles. The van der Waals surface area contributed by atoms with E-state index in [0.29, 0.717) is 23.1 Å². The summed E-state index contributed by atoms with van der Waals surface area (Å²) in [5, 5.41) is 5.85. The van der Waals surface area contributed by atoms with Crippen LogP contribution in [0, 0.1) is 18.8 Å². The van der Waals surface area contributed by atoms with Crippen molar-refractivity contribution >= 4 is 17.5 Å². The third kappa shape index (κ3) is 5.85. The molecule has 0 spiro atoms. The average Bonchev–Trinajstić information content (AvgIpc) is 2.47. The van der Waals surface area contributed by atoms with Crippen LogP contribution in [0.1, 0.15) is 50.0 Å². The lowest BCUT2D eigenvalue weighted by molar-refractivity contribution is -0.114. The van der Waals surface area contributed by atoms with Crippen molar-refractivity contribution in [2.45, 2.75) is 47.1 Å². The molecule has 138 valence electrons. The first kappa shape index (κ1) is 19.4. The zero-order valence-electron chi connectivity index (χ0n) is 16.1. The van der Waals surface area contributed by atoms with Gasteiger partial charge in [0.05, 0.1) is 0 Å². The summed E-state index contributed by atoms with van der Waals surface area (Å²) in [6, 6.07) is 5.48. The molecule has 1 saturated heterocycles. The minimum atomic E-state index is -0.137. The summed E-state index contributed by atoms with van der Waals surface area (Å²) in [5.41, 5.74) is 2.20. The summed E-state index contributed by atoms with van der Waals surface area (Å²) in [6.07, 6.45) is 1.28. The number of rotatable bonds is 5. The highest BCUT2D eigenvalue weighted by atomic mass is 16.2. The Balaban J connectivity index is 1.95. The number of nitrogens with one attached hydrogen (secondary N) is 2. The number of carbonyl (C=O) groups is 2. The van der Waals surface area contributed by atoms with Gasteiger partial charge in [0.2, 0.25) is 5.91 Å². The lowest BCUT2D eigenvalue weighted by Crippen LogP contribution is -2.47. The Morgan fingerprint density at radius 2 is 1.88 bits per heavy atom. The second-order valence-electron chi connectivity index (χ2n) is 7.75. The summed E-state index contributed by atoms with van der Waals surface area (Å²) < 4.78 is 0. The van der Waals surface area contributed by atoms with Gasteiger partial charge in [0.15, 0.2) is 0 Å². The first-order valence-corrected chi connectivity index (χ1v) is 9.16. The molecule has 1 aliphatic heterocycles. The largest absolute Gasteiger partial charge is 0.348 e. The van der Waals surface area contributed by atoms with E-state index >= 15 is 0 Å². The molecule has 1 heterocycles. The van der Waals surface area contributed by atoms with Gasteiger partial charge in [-0.3, -0.25) is 9.59 Å². The Morgan fingerprint density at radius 1 is 1.24 bits per heavy atom. The maximum Gasteiger partial charge on any atom is 0.251 e. The van der Waals surface area contributed by atoms with Crippen LogP contribution in [-0.4, -0.2) is 42.4 Å². The van der Waals surface area contributed by atoms with E-state index in [0.717, 1.165) is 25.2 Å². The zero-order chi connectivity index (χ0) is 18.6. The molecule has 1 aromatic rings. The lowest BCUT2D eigenvalue weighted by Gasteiger charge is -2.36. The van der Waals surface area contributed by atoms with Gasteiger partial charge in [0.25, 0.3) is 5.91 Å². The van der Waals surface area contributed by atoms with E-state index in [2.05, 4.69) is 29.4 Å². The fourth-order valence-corrected chi connectivity index (χ4v) is 3.77. The maximum absolute atomic E-state index is 12.5. The van der Waals surface area contributed by atoms with Gasteiger partial charge in [-0.05, 0) is 49.8 Å². The van der Waals surface area contributed by atoms with E-state index in [9.17, 15) is 9.59 Å². The Kier molecular flexibility index (Phi) is 6.59. The van der Waals surface area contributed by atoms with Crippen molar-refractivity contribution in [3.05, 3.63) is 29.3 Å². The molecule has 3 atom stereocenters. The van der Waals surface area contributed by atoms with E-state index in [-0.39, 0.29) is 17.9 Å². The summed E-state index contributed by atoms with van der Waals surface area (Å²) in [5.74, 6) is 1.19. The molecule has 0 bridgehead atoms. The quantitative estimate of drug-likeness (QED) is 0.862. The van der Waals surface area contributed by atoms with Gasteiger partial charge in [-0.25, -0.2) is 0 Å². The fourth-order valence-electron chi connectivity index (χ4n) is 3.77. The standard InChI is InChI=1S/C20H31N3O2/c1-13-8-14(2)11-23(10-13)12-16(4)21-20(25)18-7-6-15(3)19(9-18)22-17(5)24/h6-7,9,13-14,16H,8,10-12H2,1-5H3,(H,21,25)(H,22,24). The zero-order valence-corrected chi connectivity index (χ0v) is 16.1. The molecule has 1 fully saturated rings. The van der Waals surface area contributed by atoms with Crippen LogP contribution in [0.25, 0.3) is 0 Å². The van der Waals surface area contributed by atoms with Crippen molar-refractivity contribution in [2.24, 2.45) is 11.8 Å². The summed E-state index contributed by atoms with van der Waals surface area (Å²) >= 11 is 0. The molecule has 0 saturated carbocycles. The van der Waals surface area contributed by atoms with Crippen molar-refractivity contribution in [3.63, 3.8) is 0 Å². The van der Waals surface area contributed by atoms with Gasteiger partial charge >= 0.3 is 0 Å². The number of aryl methyl sites for hydroxylation is 1. The van der Waals surface area contributed by atoms with Crippen LogP contribution in [0.2, 0.25) is 0 Å². The molecular formula is C20H31N3O2. The predicted octanol–water partition coefficient (Wildman–Crippen LogP) is 3.05. The highest BCUT2D eigenvalue weighted by Gasteiger charge is 2.23. The fraction of sp³-hybridized carbons (Fsp3) is 0.600. The van der Waals surface area contributed by atoms with Gasteiger partial charge in [-0.2, -0.15) is 0 Å². The smallest absolute Gasteiger partial charge is 0.251 e. The molecule has 5 nitrogen and oxygen atoms in total. The van der Waals surface area contributed by atoms with Crippen LogP contribution < -0.4 is 10.6 Å². The van der Waals surface area contributed by atoms with Crippen LogP contribution in [0.15, 0.2) is 18.2 Å². The Hall–Kier alpha value is -1.88. The van der Waals surface area contributed by atoms with Crippen molar-refractivity contribution in [1.82, 2.24) is 10.2 Å². The van der Waals surface area contributed by atoms with E-state index in [4.69, 9.17) is 0 Å².